The summed E-state index contributed by atoms with van der Waals surface area (Å²) in [6.07, 6.45) is -5.84. The van der Waals surface area contributed by atoms with Crippen LogP contribution < -0.4 is 4.74 Å². The van der Waals surface area contributed by atoms with Crippen molar-refractivity contribution < 1.29 is 46.6 Å². The predicted octanol–water partition coefficient (Wildman–Crippen LogP) is 5.69. The van der Waals surface area contributed by atoms with Crippen molar-refractivity contribution >= 4 is 12.1 Å². The molecule has 0 unspecified atom stereocenters. The molecule has 3 aromatic rings. The van der Waals surface area contributed by atoms with E-state index in [4.69, 9.17) is 19.4 Å². The van der Waals surface area contributed by atoms with Crippen LogP contribution in [0.3, 0.4) is 0 Å². The topological polar surface area (TPSA) is 85.3 Å². The maximum Gasteiger partial charge on any atom is 0.528 e. The smallest absolute Gasteiger partial charge is 0.483 e. The van der Waals surface area contributed by atoms with Crippen LogP contribution in [0.4, 0.5) is 22.4 Å². The summed E-state index contributed by atoms with van der Waals surface area (Å²) >= 11 is 0. The Hall–Kier alpha value is -4.12. The van der Waals surface area contributed by atoms with Crippen molar-refractivity contribution in [2.24, 2.45) is 0 Å². The molecule has 0 atom stereocenters. The number of carboxylic acid groups (broad SMARTS) is 1. The van der Waals surface area contributed by atoms with Crippen LogP contribution in [0.1, 0.15) is 22.3 Å². The fourth-order valence-corrected chi connectivity index (χ4v) is 4.14. The van der Waals surface area contributed by atoms with E-state index in [2.05, 4.69) is 0 Å². The lowest BCUT2D eigenvalue weighted by Gasteiger charge is -2.29. The van der Waals surface area contributed by atoms with Gasteiger partial charge in [0.25, 0.3) is 0 Å². The fourth-order valence-electron chi connectivity index (χ4n) is 4.14. The molecule has 38 heavy (non-hydrogen) atoms. The van der Waals surface area contributed by atoms with Gasteiger partial charge >= 0.3 is 18.3 Å². The van der Waals surface area contributed by atoms with E-state index < -0.39 is 37.1 Å². The highest BCUT2D eigenvalue weighted by Crippen LogP contribution is 2.38. The largest absolute Gasteiger partial charge is 0.528 e. The zero-order chi connectivity index (χ0) is 27.3. The van der Waals surface area contributed by atoms with Crippen molar-refractivity contribution in [3.63, 3.8) is 0 Å². The lowest BCUT2D eigenvalue weighted by atomic mass is 9.90. The summed E-state index contributed by atoms with van der Waals surface area (Å²) in [4.78, 5) is 28.6. The van der Waals surface area contributed by atoms with Crippen LogP contribution in [-0.2, 0) is 40.4 Å². The molecule has 0 radical (unpaired) electrons. The van der Waals surface area contributed by atoms with Gasteiger partial charge in [0.1, 0.15) is 18.2 Å². The Kier molecular flexibility index (Phi) is 8.16. The molecular weight excluding hydrogens is 510 g/mol. The Labute approximate surface area is 215 Å². The highest BCUT2D eigenvalue weighted by atomic mass is 19.4. The number of halogens is 4. The molecule has 1 aliphatic heterocycles. The van der Waals surface area contributed by atoms with Gasteiger partial charge in [-0.2, -0.15) is 13.2 Å². The zero-order valence-electron chi connectivity index (χ0n) is 20.0. The molecule has 0 bridgehead atoms. The van der Waals surface area contributed by atoms with Gasteiger partial charge in [0.2, 0.25) is 0 Å². The van der Waals surface area contributed by atoms with Crippen LogP contribution in [0.2, 0.25) is 0 Å². The molecule has 7 nitrogen and oxygen atoms in total. The van der Waals surface area contributed by atoms with Gasteiger partial charge in [0.15, 0.2) is 6.61 Å². The molecular formula is C27H23F4NO6. The van der Waals surface area contributed by atoms with Crippen LogP contribution >= 0.6 is 0 Å². The van der Waals surface area contributed by atoms with Crippen molar-refractivity contribution in [3.8, 4) is 16.9 Å². The van der Waals surface area contributed by atoms with Crippen molar-refractivity contribution in [3.05, 3.63) is 88.7 Å². The molecule has 4 rings (SSSR count). The van der Waals surface area contributed by atoms with Gasteiger partial charge in [-0.1, -0.05) is 48.5 Å². The van der Waals surface area contributed by atoms with Gasteiger partial charge in [0.05, 0.1) is 13.0 Å². The Bertz CT molecular complexity index is 1310. The Morgan fingerprint density at radius 2 is 1.68 bits per heavy atom. The van der Waals surface area contributed by atoms with Gasteiger partial charge < -0.3 is 19.4 Å². The maximum absolute atomic E-state index is 14.7. The van der Waals surface area contributed by atoms with E-state index in [0.717, 1.165) is 5.56 Å². The Morgan fingerprint density at radius 1 is 0.947 bits per heavy atom. The molecule has 200 valence electrons. The molecule has 0 saturated carbocycles. The number of carboxylic acids is 1. The minimum Gasteiger partial charge on any atom is -0.483 e. The Balaban J connectivity index is 1.59. The maximum atomic E-state index is 14.7. The normalized spacial score (nSPS) is 13.5. The number of hydroxylamine groups is 2. The number of ether oxygens (including phenoxy) is 2. The molecule has 0 fully saturated rings. The number of alkyl halides is 3. The number of benzene rings is 3. The monoisotopic (exact) mass is 533 g/mol. The third-order valence-corrected chi connectivity index (χ3v) is 5.81. The summed E-state index contributed by atoms with van der Waals surface area (Å²) in [7, 11) is 0. The van der Waals surface area contributed by atoms with Crippen molar-refractivity contribution in [1.29, 1.82) is 0 Å². The van der Waals surface area contributed by atoms with Crippen LogP contribution in [0.5, 0.6) is 5.75 Å². The van der Waals surface area contributed by atoms with Crippen LogP contribution in [-0.4, -0.2) is 41.6 Å². The zero-order valence-corrected chi connectivity index (χ0v) is 20.0. The highest BCUT2D eigenvalue weighted by molar-refractivity contribution is 5.77. The van der Waals surface area contributed by atoms with Gasteiger partial charge in [-0.25, -0.2) is 9.18 Å². The van der Waals surface area contributed by atoms with Crippen LogP contribution in [0.25, 0.3) is 11.1 Å². The fraction of sp³-hybridized carbons (Fsp3) is 0.259. The average Bonchev–Trinajstić information content (AvgIpc) is 2.87. The van der Waals surface area contributed by atoms with Crippen molar-refractivity contribution in [2.45, 2.75) is 32.2 Å². The second kappa shape index (κ2) is 11.5. The summed E-state index contributed by atoms with van der Waals surface area (Å²) in [5.74, 6) is -1.86. The van der Waals surface area contributed by atoms with E-state index in [1.807, 2.05) is 6.07 Å². The molecule has 1 N–H and O–H groups in total. The van der Waals surface area contributed by atoms with Crippen molar-refractivity contribution in [2.75, 3.05) is 13.2 Å². The number of fused-ring (bicyclic) bond motifs is 1. The second-order valence-corrected chi connectivity index (χ2v) is 8.59. The van der Waals surface area contributed by atoms with Gasteiger partial charge in [-0.05, 0) is 46.4 Å². The molecule has 11 heteroatoms. The minimum absolute atomic E-state index is 0.00737. The van der Waals surface area contributed by atoms with Gasteiger partial charge in [-0.3, -0.25) is 4.79 Å². The first kappa shape index (κ1) is 26.9. The molecule has 0 amide bonds. The second-order valence-electron chi connectivity index (χ2n) is 8.59. The number of rotatable bonds is 8. The first-order chi connectivity index (χ1) is 18.1. The average molecular weight is 533 g/mol. The summed E-state index contributed by atoms with van der Waals surface area (Å²) in [6, 6.07) is 15.7. The van der Waals surface area contributed by atoms with Crippen molar-refractivity contribution in [1.82, 2.24) is 5.06 Å². The predicted molar refractivity (Wildman–Crippen MR) is 127 cm³/mol. The first-order valence-corrected chi connectivity index (χ1v) is 11.6. The first-order valence-electron chi connectivity index (χ1n) is 11.6. The summed E-state index contributed by atoms with van der Waals surface area (Å²) < 4.78 is 63.6. The number of aliphatic carboxylic acids is 1. The number of carbonyl (C=O) groups excluding carboxylic acids is 1. The molecule has 0 spiro atoms. The lowest BCUT2D eigenvalue weighted by Crippen LogP contribution is -2.34. The van der Waals surface area contributed by atoms with E-state index in [-0.39, 0.29) is 43.0 Å². The van der Waals surface area contributed by atoms with Gasteiger partial charge in [0, 0.05) is 12.1 Å². The third-order valence-electron chi connectivity index (χ3n) is 5.81. The van der Waals surface area contributed by atoms with Gasteiger partial charge in [-0.15, -0.1) is 5.06 Å². The summed E-state index contributed by atoms with van der Waals surface area (Å²) in [5, 5.41) is 10.4. The molecule has 0 saturated heterocycles. The SMILES string of the molecule is O=C(O)Cc1ccc(-c2ccc(F)c3c2CN(OC(=O)OCc2ccccc2)CC3)c(OCC(F)(F)F)c1. The minimum atomic E-state index is -4.63. The molecule has 1 heterocycles. The van der Waals surface area contributed by atoms with E-state index in [1.54, 1.807) is 24.3 Å². The molecule has 0 aromatic heterocycles. The summed E-state index contributed by atoms with van der Waals surface area (Å²) in [6.45, 7) is -1.49. The number of carbonyl (C=O) groups is 2. The number of hydrogen-bond acceptors (Lipinski definition) is 6. The molecule has 3 aromatic carbocycles. The highest BCUT2D eigenvalue weighted by Gasteiger charge is 2.30. The van der Waals surface area contributed by atoms with Crippen LogP contribution in [0, 0.1) is 5.82 Å². The van der Waals surface area contributed by atoms with Crippen LogP contribution in [0.15, 0.2) is 60.7 Å². The van der Waals surface area contributed by atoms with E-state index >= 15 is 0 Å². The van der Waals surface area contributed by atoms with E-state index in [0.29, 0.717) is 16.7 Å². The van der Waals surface area contributed by atoms with E-state index in [9.17, 15) is 27.2 Å². The van der Waals surface area contributed by atoms with E-state index in [1.165, 1.54) is 35.4 Å². The standard InChI is InChI=1S/C27H23F4NO6/c28-23-9-8-19(21-7-6-18(13-25(33)34)12-24(21)37-16-27(29,30)31)22-14-32(11-10-20(22)23)38-26(35)36-15-17-4-2-1-3-5-17/h1-9,12H,10-11,13-16H2,(H,33,34). The number of nitrogens with zero attached hydrogens (tertiary/aromatic N) is 1. The number of hydrogen-bond donors (Lipinski definition) is 1. The molecule has 1 aliphatic rings. The lowest BCUT2D eigenvalue weighted by molar-refractivity contribution is -0.153. The Morgan fingerprint density at radius 3 is 2.39 bits per heavy atom. The summed E-state index contributed by atoms with van der Waals surface area (Å²) in [5.41, 5.74) is 2.31. The quantitative estimate of drug-likeness (QED) is 0.294. The molecule has 0 aliphatic carbocycles. The third kappa shape index (κ3) is 7.00.